The van der Waals surface area contributed by atoms with Crippen LogP contribution in [0.5, 0.6) is 0 Å². The van der Waals surface area contributed by atoms with Crippen LogP contribution < -0.4 is 0 Å². The lowest BCUT2D eigenvalue weighted by molar-refractivity contribution is 0.570. The maximum atomic E-state index is 9.94. The van der Waals surface area contributed by atoms with Crippen molar-refractivity contribution in [1.82, 2.24) is 0 Å². The maximum Gasteiger partial charge on any atom is 0.180 e. The molecule has 0 unspecified atom stereocenters. The molecule has 0 bridgehead atoms. The molecule has 50 valence electrons. The second kappa shape index (κ2) is 5.63. The Morgan fingerprint density at radius 3 is 2.44 bits per heavy atom. The van der Waals surface area contributed by atoms with Gasteiger partial charge in [-0.25, -0.2) is 0 Å². The Morgan fingerprint density at radius 1 is 1.44 bits per heavy atom. The van der Waals surface area contributed by atoms with Crippen molar-refractivity contribution in [2.24, 2.45) is 0 Å². The van der Waals surface area contributed by atoms with Gasteiger partial charge in [0.1, 0.15) is 0 Å². The smallest absolute Gasteiger partial charge is 0.180 e. The molecule has 0 saturated heterocycles. The van der Waals surface area contributed by atoms with E-state index in [1.807, 2.05) is 32.1 Å². The first-order chi connectivity index (χ1) is 4.35. The molecule has 0 fully saturated rings. The minimum atomic E-state index is 0.829. The number of hydrogen-bond donors (Lipinski definition) is 0. The minimum Gasteiger partial charge on any atom is -0.291 e. The summed E-state index contributed by atoms with van der Waals surface area (Å²) in [4.78, 5) is 10.9. The summed E-state index contributed by atoms with van der Waals surface area (Å²) in [5, 5.41) is 0. The number of hydrogen-bond acceptors (Lipinski definition) is 2. The number of allylic oxidation sites excluding steroid dienone is 3. The molecule has 0 radical (unpaired) electrons. The quantitative estimate of drug-likeness (QED) is 0.444. The Labute approximate surface area is 59.8 Å². The van der Waals surface area contributed by atoms with Gasteiger partial charge in [-0.1, -0.05) is 30.0 Å². The zero-order valence-electron chi connectivity index (χ0n) is 5.63. The first-order valence-corrected chi connectivity index (χ1v) is 3.62. The van der Waals surface area contributed by atoms with Gasteiger partial charge in [-0.05, 0) is 13.8 Å². The third-order valence-electron chi connectivity index (χ3n) is 0.800. The first kappa shape index (κ1) is 8.50. The van der Waals surface area contributed by atoms with Gasteiger partial charge < -0.3 is 0 Å². The molecular weight excluding hydrogens is 132 g/mol. The van der Waals surface area contributed by atoms with E-state index in [9.17, 15) is 4.79 Å². The molecule has 1 nitrogen and oxygen atoms in total. The van der Waals surface area contributed by atoms with Crippen LogP contribution in [0.4, 0.5) is 0 Å². The largest absolute Gasteiger partial charge is 0.291 e. The van der Waals surface area contributed by atoms with Gasteiger partial charge >= 0.3 is 0 Å². The van der Waals surface area contributed by atoms with Crippen LogP contribution in [-0.2, 0) is 4.79 Å². The predicted molar refractivity (Wildman–Crippen MR) is 42.9 cm³/mol. The summed E-state index contributed by atoms with van der Waals surface area (Å²) in [6.45, 7) is 3.83. The highest BCUT2D eigenvalue weighted by Crippen LogP contribution is 2.12. The lowest BCUT2D eigenvalue weighted by Gasteiger charge is -1.88. The van der Waals surface area contributed by atoms with Crippen molar-refractivity contribution in [1.29, 1.82) is 0 Å². The fourth-order valence-electron chi connectivity index (χ4n) is 0.423. The summed E-state index contributed by atoms with van der Waals surface area (Å²) < 4.78 is 0. The third-order valence-corrected chi connectivity index (χ3v) is 1.54. The van der Waals surface area contributed by atoms with E-state index in [1.165, 1.54) is 11.8 Å². The molecule has 0 aromatic carbocycles. The second-order valence-electron chi connectivity index (χ2n) is 1.41. The Kier molecular flexibility index (Phi) is 5.32. The van der Waals surface area contributed by atoms with Gasteiger partial charge in [-0.2, -0.15) is 0 Å². The first-order valence-electron chi connectivity index (χ1n) is 2.74. The number of carbonyl (C=O) groups excluding carboxylic acids is 1. The molecule has 0 aliphatic rings. The van der Waals surface area contributed by atoms with Crippen molar-refractivity contribution >= 4 is 17.4 Å². The van der Waals surface area contributed by atoms with Gasteiger partial charge in [0.05, 0.1) is 0 Å². The Hall–Kier alpha value is -0.500. The van der Waals surface area contributed by atoms with E-state index >= 15 is 0 Å². The molecule has 2 heteroatoms. The average Bonchev–Trinajstić information content (AvgIpc) is 1.88. The topological polar surface area (TPSA) is 17.1 Å². The summed E-state index contributed by atoms with van der Waals surface area (Å²) >= 11 is 1.19. The zero-order valence-corrected chi connectivity index (χ0v) is 6.44. The summed E-state index contributed by atoms with van der Waals surface area (Å²) in [5.74, 6) is 0. The number of carbonyl (C=O) groups is 1. The highest BCUT2D eigenvalue weighted by Gasteiger charge is 1.85. The Morgan fingerprint density at radius 2 is 2.11 bits per heavy atom. The minimum absolute atomic E-state index is 0.829. The summed E-state index contributed by atoms with van der Waals surface area (Å²) in [6.07, 6.45) is 5.71. The van der Waals surface area contributed by atoms with E-state index in [0.717, 1.165) is 10.5 Å². The normalized spacial score (nSPS) is 12.4. The molecule has 0 atom stereocenters. The molecule has 0 rings (SSSR count). The van der Waals surface area contributed by atoms with E-state index < -0.39 is 0 Å². The molecule has 0 aliphatic heterocycles. The van der Waals surface area contributed by atoms with E-state index in [4.69, 9.17) is 0 Å². The van der Waals surface area contributed by atoms with E-state index in [2.05, 4.69) is 0 Å². The number of thioether (sulfide) groups is 1. The zero-order chi connectivity index (χ0) is 7.11. The standard InChI is InChI=1S/C7H10OS/c1-3-5-7(4-2)9-6-8/h3-6H,1-2H3/b5-3-,7-4+. The van der Waals surface area contributed by atoms with E-state index in [0.29, 0.717) is 0 Å². The summed E-state index contributed by atoms with van der Waals surface area (Å²) in [5.41, 5.74) is 0.829. The van der Waals surface area contributed by atoms with Crippen molar-refractivity contribution in [3.05, 3.63) is 23.1 Å². The highest BCUT2D eigenvalue weighted by molar-refractivity contribution is 8.15. The summed E-state index contributed by atoms with van der Waals surface area (Å²) in [7, 11) is 0. The molecule has 0 N–H and O–H groups in total. The van der Waals surface area contributed by atoms with E-state index in [-0.39, 0.29) is 0 Å². The van der Waals surface area contributed by atoms with Crippen molar-refractivity contribution in [3.8, 4) is 0 Å². The monoisotopic (exact) mass is 142 g/mol. The van der Waals surface area contributed by atoms with E-state index in [1.54, 1.807) is 0 Å². The van der Waals surface area contributed by atoms with Crippen LogP contribution in [0.25, 0.3) is 0 Å². The SMILES string of the molecule is C/C=C\C(=C/C)SC=O. The summed E-state index contributed by atoms with van der Waals surface area (Å²) in [6, 6.07) is 0. The van der Waals surface area contributed by atoms with Crippen LogP contribution in [0.1, 0.15) is 13.8 Å². The molecule has 0 aromatic heterocycles. The van der Waals surface area contributed by atoms with Gasteiger partial charge in [0, 0.05) is 4.91 Å². The lowest BCUT2D eigenvalue weighted by Crippen LogP contribution is -1.67. The van der Waals surface area contributed by atoms with Gasteiger partial charge in [0.2, 0.25) is 0 Å². The molecule has 0 spiro atoms. The van der Waals surface area contributed by atoms with Crippen LogP contribution in [0, 0.1) is 0 Å². The highest BCUT2D eigenvalue weighted by atomic mass is 32.2. The van der Waals surface area contributed by atoms with Crippen molar-refractivity contribution in [3.63, 3.8) is 0 Å². The fraction of sp³-hybridized carbons (Fsp3) is 0.286. The molecule has 0 heterocycles. The van der Waals surface area contributed by atoms with Crippen LogP contribution >= 0.6 is 11.8 Å². The van der Waals surface area contributed by atoms with Gasteiger partial charge in [0.15, 0.2) is 5.62 Å². The van der Waals surface area contributed by atoms with Gasteiger partial charge in [-0.3, -0.25) is 4.79 Å². The van der Waals surface area contributed by atoms with Crippen molar-refractivity contribution in [2.45, 2.75) is 13.8 Å². The van der Waals surface area contributed by atoms with Crippen molar-refractivity contribution in [2.75, 3.05) is 0 Å². The molecule has 0 saturated carbocycles. The predicted octanol–water partition coefficient (Wildman–Crippen LogP) is 2.39. The lowest BCUT2D eigenvalue weighted by atomic mass is 10.4. The second-order valence-corrected chi connectivity index (χ2v) is 2.30. The molecule has 9 heavy (non-hydrogen) atoms. The maximum absolute atomic E-state index is 9.94. The number of rotatable bonds is 3. The molecule has 0 aromatic rings. The van der Waals surface area contributed by atoms with Gasteiger partial charge in [0.25, 0.3) is 0 Å². The Balaban J connectivity index is 3.84. The molecule has 0 amide bonds. The Bertz CT molecular complexity index is 136. The van der Waals surface area contributed by atoms with Crippen LogP contribution in [0.2, 0.25) is 0 Å². The molecular formula is C7H10OS. The molecule has 0 aliphatic carbocycles. The van der Waals surface area contributed by atoms with Crippen LogP contribution in [0.15, 0.2) is 23.1 Å². The fourth-order valence-corrected chi connectivity index (χ4v) is 0.885. The van der Waals surface area contributed by atoms with Gasteiger partial charge in [-0.15, -0.1) is 0 Å². The third kappa shape index (κ3) is 4.03. The van der Waals surface area contributed by atoms with Crippen LogP contribution in [0.3, 0.4) is 0 Å². The average molecular weight is 142 g/mol. The van der Waals surface area contributed by atoms with Crippen LogP contribution in [-0.4, -0.2) is 5.62 Å². The van der Waals surface area contributed by atoms with Crippen molar-refractivity contribution < 1.29 is 4.79 Å².